The number of aryl methyl sites for hydroxylation is 1. The summed E-state index contributed by atoms with van der Waals surface area (Å²) < 4.78 is 32.7. The van der Waals surface area contributed by atoms with Gasteiger partial charge in [0.05, 0.1) is 9.92 Å². The van der Waals surface area contributed by atoms with Crippen molar-refractivity contribution in [3.05, 3.63) is 59.1 Å². The molecule has 0 N–H and O–H groups in total. The van der Waals surface area contributed by atoms with Crippen LogP contribution < -0.4 is 4.74 Å². The molecule has 26 heavy (non-hydrogen) atoms. The third kappa shape index (κ3) is 4.57. The van der Waals surface area contributed by atoms with Crippen molar-refractivity contribution < 1.29 is 13.2 Å². The average Bonchev–Trinajstić information content (AvgIpc) is 2.64. The van der Waals surface area contributed by atoms with Crippen LogP contribution in [0.5, 0.6) is 5.75 Å². The molecule has 0 amide bonds. The van der Waals surface area contributed by atoms with Gasteiger partial charge in [0.15, 0.2) is 0 Å². The van der Waals surface area contributed by atoms with E-state index >= 15 is 0 Å². The van der Waals surface area contributed by atoms with Crippen LogP contribution in [0.1, 0.15) is 5.56 Å². The second kappa shape index (κ2) is 8.39. The third-order valence-electron chi connectivity index (χ3n) is 4.49. The number of ether oxygens (including phenoxy) is 1. The van der Waals surface area contributed by atoms with Gasteiger partial charge in [-0.15, -0.1) is 0 Å². The fourth-order valence-corrected chi connectivity index (χ4v) is 4.51. The van der Waals surface area contributed by atoms with Gasteiger partial charge < -0.3 is 4.74 Å². The first-order valence-electron chi connectivity index (χ1n) is 8.63. The van der Waals surface area contributed by atoms with Gasteiger partial charge >= 0.3 is 0 Å². The van der Waals surface area contributed by atoms with Crippen molar-refractivity contribution >= 4 is 21.6 Å². The number of benzene rings is 2. The Balaban J connectivity index is 1.49. The number of sulfonamides is 1. The maximum Gasteiger partial charge on any atom is 0.243 e. The standard InChI is InChI=1S/C19H23ClN2O3S/c1-16-6-8-17(9-7-16)26(23,24)22-12-10-21(11-13-22)14-15-25-19-5-3-2-4-18(19)20/h2-9H,10-15H2,1H3. The summed E-state index contributed by atoms with van der Waals surface area (Å²) in [6.07, 6.45) is 0. The Morgan fingerprint density at radius 3 is 2.31 bits per heavy atom. The number of rotatable bonds is 6. The maximum absolute atomic E-state index is 12.7. The number of halogens is 1. The fraction of sp³-hybridized carbons (Fsp3) is 0.368. The van der Waals surface area contributed by atoms with E-state index in [4.69, 9.17) is 16.3 Å². The normalized spacial score (nSPS) is 16.5. The van der Waals surface area contributed by atoms with E-state index in [0.717, 1.165) is 12.1 Å². The van der Waals surface area contributed by atoms with Crippen LogP contribution in [0.4, 0.5) is 0 Å². The molecule has 140 valence electrons. The summed E-state index contributed by atoms with van der Waals surface area (Å²) in [6.45, 7) is 5.57. The Hall–Kier alpha value is -1.60. The molecule has 0 aliphatic carbocycles. The Bertz CT molecular complexity index is 832. The molecule has 1 heterocycles. The molecule has 1 saturated heterocycles. The van der Waals surface area contributed by atoms with Crippen molar-refractivity contribution in [2.45, 2.75) is 11.8 Å². The molecule has 0 atom stereocenters. The highest BCUT2D eigenvalue weighted by Crippen LogP contribution is 2.23. The van der Waals surface area contributed by atoms with Crippen molar-refractivity contribution in [2.75, 3.05) is 39.3 Å². The van der Waals surface area contributed by atoms with Crippen LogP contribution in [0, 0.1) is 6.92 Å². The van der Waals surface area contributed by atoms with E-state index in [-0.39, 0.29) is 0 Å². The van der Waals surface area contributed by atoms with Gasteiger partial charge in [-0.1, -0.05) is 41.4 Å². The van der Waals surface area contributed by atoms with E-state index < -0.39 is 10.0 Å². The molecule has 0 bridgehead atoms. The van der Waals surface area contributed by atoms with Gasteiger partial charge in [0.1, 0.15) is 12.4 Å². The van der Waals surface area contributed by atoms with Crippen molar-refractivity contribution in [3.8, 4) is 5.75 Å². The van der Waals surface area contributed by atoms with Crippen LogP contribution in [0.25, 0.3) is 0 Å². The first-order chi connectivity index (χ1) is 12.5. The summed E-state index contributed by atoms with van der Waals surface area (Å²) >= 11 is 6.07. The highest BCUT2D eigenvalue weighted by molar-refractivity contribution is 7.89. The van der Waals surface area contributed by atoms with Crippen molar-refractivity contribution in [2.24, 2.45) is 0 Å². The molecule has 0 radical (unpaired) electrons. The highest BCUT2D eigenvalue weighted by Gasteiger charge is 2.28. The molecular formula is C19H23ClN2O3S. The summed E-state index contributed by atoms with van der Waals surface area (Å²) in [7, 11) is -3.41. The monoisotopic (exact) mass is 394 g/mol. The lowest BCUT2D eigenvalue weighted by atomic mass is 10.2. The number of nitrogens with zero attached hydrogens (tertiary/aromatic N) is 2. The van der Waals surface area contributed by atoms with Crippen LogP contribution in [0.3, 0.4) is 0 Å². The van der Waals surface area contributed by atoms with Crippen molar-refractivity contribution in [3.63, 3.8) is 0 Å². The zero-order valence-electron chi connectivity index (χ0n) is 14.8. The van der Waals surface area contributed by atoms with Gasteiger partial charge in [0, 0.05) is 32.7 Å². The lowest BCUT2D eigenvalue weighted by Gasteiger charge is -2.33. The lowest BCUT2D eigenvalue weighted by Crippen LogP contribution is -2.49. The molecule has 1 aliphatic rings. The molecule has 2 aromatic rings. The minimum Gasteiger partial charge on any atom is -0.491 e. The van der Waals surface area contributed by atoms with Crippen LogP contribution in [-0.2, 0) is 10.0 Å². The first kappa shape index (κ1) is 19.2. The van der Waals surface area contributed by atoms with Crippen LogP contribution >= 0.6 is 11.6 Å². The molecule has 0 unspecified atom stereocenters. The predicted molar refractivity (Wildman–Crippen MR) is 103 cm³/mol. The minimum atomic E-state index is -3.41. The largest absolute Gasteiger partial charge is 0.491 e. The smallest absolute Gasteiger partial charge is 0.243 e. The Morgan fingerprint density at radius 2 is 1.65 bits per heavy atom. The summed E-state index contributed by atoms with van der Waals surface area (Å²) in [4.78, 5) is 2.57. The second-order valence-corrected chi connectivity index (χ2v) is 8.68. The molecule has 5 nitrogen and oxygen atoms in total. The van der Waals surface area contributed by atoms with Gasteiger partial charge in [-0.2, -0.15) is 4.31 Å². The second-order valence-electron chi connectivity index (χ2n) is 6.34. The van der Waals surface area contributed by atoms with Gasteiger partial charge in [-0.05, 0) is 31.2 Å². The lowest BCUT2D eigenvalue weighted by molar-refractivity contribution is 0.159. The summed E-state index contributed by atoms with van der Waals surface area (Å²) in [5, 5.41) is 0.599. The maximum atomic E-state index is 12.7. The van der Waals surface area contributed by atoms with Crippen molar-refractivity contribution in [1.29, 1.82) is 0 Å². The van der Waals surface area contributed by atoms with Crippen molar-refractivity contribution in [1.82, 2.24) is 9.21 Å². The Morgan fingerprint density at radius 1 is 1.00 bits per heavy atom. The van der Waals surface area contributed by atoms with Crippen LogP contribution in [0.15, 0.2) is 53.4 Å². The fourth-order valence-electron chi connectivity index (χ4n) is 2.90. The van der Waals surface area contributed by atoms with Gasteiger partial charge in [-0.25, -0.2) is 8.42 Å². The number of hydrogen-bond donors (Lipinski definition) is 0. The third-order valence-corrected chi connectivity index (χ3v) is 6.72. The van der Waals surface area contributed by atoms with E-state index in [9.17, 15) is 8.42 Å². The Kier molecular flexibility index (Phi) is 6.19. The molecular weight excluding hydrogens is 372 g/mol. The molecule has 0 spiro atoms. The van der Waals surface area contributed by atoms with E-state index in [1.54, 1.807) is 22.5 Å². The number of hydrogen-bond acceptors (Lipinski definition) is 4. The predicted octanol–water partition coefficient (Wildman–Crippen LogP) is 3.03. The van der Waals surface area contributed by atoms with Gasteiger partial charge in [0.25, 0.3) is 0 Å². The van der Waals surface area contributed by atoms with Gasteiger partial charge in [-0.3, -0.25) is 4.90 Å². The van der Waals surface area contributed by atoms with Crippen LogP contribution in [0.2, 0.25) is 5.02 Å². The summed E-state index contributed by atoms with van der Waals surface area (Å²) in [6, 6.07) is 14.4. The zero-order chi connectivity index (χ0) is 18.6. The first-order valence-corrected chi connectivity index (χ1v) is 10.4. The van der Waals surface area contributed by atoms with E-state index in [1.165, 1.54) is 0 Å². The van der Waals surface area contributed by atoms with Crippen LogP contribution in [-0.4, -0.2) is 57.0 Å². The molecule has 0 aromatic heterocycles. The average molecular weight is 395 g/mol. The molecule has 0 saturated carbocycles. The zero-order valence-corrected chi connectivity index (χ0v) is 16.3. The number of piperazine rings is 1. The van der Waals surface area contributed by atoms with E-state index in [0.29, 0.717) is 48.5 Å². The number of para-hydroxylation sites is 1. The quantitative estimate of drug-likeness (QED) is 0.755. The minimum absolute atomic E-state index is 0.360. The molecule has 1 fully saturated rings. The Labute approximate surface area is 160 Å². The molecule has 3 rings (SSSR count). The topological polar surface area (TPSA) is 49.9 Å². The molecule has 7 heteroatoms. The SMILES string of the molecule is Cc1ccc(S(=O)(=O)N2CCN(CCOc3ccccc3Cl)CC2)cc1. The van der Waals surface area contributed by atoms with E-state index in [2.05, 4.69) is 4.90 Å². The van der Waals surface area contributed by atoms with E-state index in [1.807, 2.05) is 37.3 Å². The summed E-state index contributed by atoms with van der Waals surface area (Å²) in [5.74, 6) is 0.676. The molecule has 1 aliphatic heterocycles. The molecule has 2 aromatic carbocycles. The summed E-state index contributed by atoms with van der Waals surface area (Å²) in [5.41, 5.74) is 1.05. The van der Waals surface area contributed by atoms with Gasteiger partial charge in [0.2, 0.25) is 10.0 Å². The highest BCUT2D eigenvalue weighted by atomic mass is 35.5.